The van der Waals surface area contributed by atoms with Crippen LogP contribution in [0.3, 0.4) is 0 Å². The molecule has 1 aromatic heterocycles. The van der Waals surface area contributed by atoms with Gasteiger partial charge in [-0.1, -0.05) is 29.3 Å². The monoisotopic (exact) mass is 451 g/mol. The van der Waals surface area contributed by atoms with E-state index in [-0.39, 0.29) is 16.6 Å². The molecule has 0 saturated heterocycles. The number of anilines is 1. The van der Waals surface area contributed by atoms with Crippen LogP contribution in [0.15, 0.2) is 52.9 Å². The smallest absolute Gasteiger partial charge is 0.191 e. The van der Waals surface area contributed by atoms with Crippen molar-refractivity contribution < 1.29 is 10.2 Å². The lowest BCUT2D eigenvalue weighted by atomic mass is 10.1. The zero-order chi connectivity index (χ0) is 20.3. The maximum absolute atomic E-state index is 10.6. The van der Waals surface area contributed by atoms with Crippen molar-refractivity contribution in [1.29, 1.82) is 0 Å². The lowest BCUT2D eigenvalue weighted by molar-refractivity contribution is 0.475. The maximum Gasteiger partial charge on any atom is 0.191 e. The number of phenols is 1. The summed E-state index contributed by atoms with van der Waals surface area (Å²) < 4.78 is 0. The molecule has 0 radical (unpaired) electrons. The van der Waals surface area contributed by atoms with Crippen LogP contribution in [-0.2, 0) is 0 Å². The number of hydrogen-bond acceptors (Lipinski definition) is 5. The molecule has 3 aromatic rings. The summed E-state index contributed by atoms with van der Waals surface area (Å²) in [6.07, 6.45) is 0. The van der Waals surface area contributed by atoms with Gasteiger partial charge in [0.1, 0.15) is 11.5 Å². The van der Waals surface area contributed by atoms with Gasteiger partial charge in [0.25, 0.3) is 0 Å². The van der Waals surface area contributed by atoms with Crippen LogP contribution in [0.1, 0.15) is 12.5 Å². The third-order valence-corrected chi connectivity index (χ3v) is 5.74. The molecule has 0 bridgehead atoms. The minimum absolute atomic E-state index is 0.115. The number of phenolic OH excluding ortho intramolecular Hbond substituents is 1. The lowest BCUT2D eigenvalue weighted by Gasteiger charge is -2.08. The molecule has 0 amide bonds. The highest BCUT2D eigenvalue weighted by atomic mass is 35.5. The zero-order valence-corrected chi connectivity index (χ0v) is 17.7. The summed E-state index contributed by atoms with van der Waals surface area (Å²) in [4.78, 5) is 0.674. The van der Waals surface area contributed by atoms with Crippen molar-refractivity contribution in [2.45, 2.75) is 6.92 Å². The van der Waals surface area contributed by atoms with Crippen LogP contribution in [0, 0.1) is 0 Å². The topological polar surface area (TPSA) is 76.9 Å². The van der Waals surface area contributed by atoms with Crippen molar-refractivity contribution >= 4 is 63.3 Å². The van der Waals surface area contributed by atoms with Crippen LogP contribution >= 0.6 is 46.8 Å². The molecule has 1 heterocycles. The van der Waals surface area contributed by atoms with E-state index in [4.69, 9.17) is 35.4 Å². The number of benzene rings is 2. The van der Waals surface area contributed by atoms with E-state index in [9.17, 15) is 10.2 Å². The summed E-state index contributed by atoms with van der Waals surface area (Å²) >= 11 is 18.6. The van der Waals surface area contributed by atoms with Crippen LogP contribution in [-0.4, -0.2) is 21.0 Å². The van der Waals surface area contributed by atoms with Crippen LogP contribution in [0.25, 0.3) is 10.4 Å². The number of thiophene rings is 1. The van der Waals surface area contributed by atoms with Gasteiger partial charge in [-0.25, -0.2) is 0 Å². The summed E-state index contributed by atoms with van der Waals surface area (Å²) in [5, 5.41) is 30.0. The quantitative estimate of drug-likeness (QED) is 0.173. The molecular weight excluding hydrogens is 437 g/mol. The minimum atomic E-state index is 0.115. The van der Waals surface area contributed by atoms with E-state index in [1.54, 1.807) is 49.4 Å². The van der Waals surface area contributed by atoms with E-state index in [0.29, 0.717) is 31.9 Å². The van der Waals surface area contributed by atoms with E-state index >= 15 is 0 Å². The molecule has 144 valence electrons. The molecule has 0 aliphatic carbocycles. The van der Waals surface area contributed by atoms with E-state index in [0.717, 1.165) is 5.56 Å². The largest absolute Gasteiger partial charge is 0.508 e. The summed E-state index contributed by atoms with van der Waals surface area (Å²) in [6, 6.07) is 11.7. The van der Waals surface area contributed by atoms with Crippen molar-refractivity contribution in [2.24, 2.45) is 5.10 Å². The molecule has 2 aromatic carbocycles. The average Bonchev–Trinajstić information content (AvgIpc) is 3.05. The van der Waals surface area contributed by atoms with Gasteiger partial charge in [-0.15, -0.1) is 11.3 Å². The molecule has 0 spiro atoms. The van der Waals surface area contributed by atoms with Gasteiger partial charge >= 0.3 is 0 Å². The molecule has 0 aliphatic rings. The molecule has 0 aliphatic heterocycles. The Morgan fingerprint density at radius 3 is 2.46 bits per heavy atom. The van der Waals surface area contributed by atoms with Crippen LogP contribution in [0.5, 0.6) is 11.5 Å². The van der Waals surface area contributed by atoms with Gasteiger partial charge in [-0.3, -0.25) is 5.43 Å². The van der Waals surface area contributed by atoms with Gasteiger partial charge in [0.15, 0.2) is 5.11 Å². The predicted octanol–water partition coefficient (Wildman–Crippen LogP) is 5.84. The Balaban J connectivity index is 1.72. The Labute approximate surface area is 181 Å². The highest BCUT2D eigenvalue weighted by Crippen LogP contribution is 2.40. The number of aromatic hydroxyl groups is 2. The number of thiocarbonyl (C=S) groups is 1. The number of hydrogen-bond donors (Lipinski definition) is 4. The summed E-state index contributed by atoms with van der Waals surface area (Å²) in [5.74, 6) is 0.285. The second-order valence-electron chi connectivity index (χ2n) is 5.77. The van der Waals surface area contributed by atoms with Crippen LogP contribution in [0.4, 0.5) is 5.69 Å². The van der Waals surface area contributed by atoms with Crippen molar-refractivity contribution in [3.05, 3.63) is 63.5 Å². The lowest BCUT2D eigenvalue weighted by Crippen LogP contribution is -2.24. The van der Waals surface area contributed by atoms with Crippen molar-refractivity contribution in [3.63, 3.8) is 0 Å². The number of nitrogens with zero attached hydrogens (tertiary/aromatic N) is 1. The van der Waals surface area contributed by atoms with Crippen LogP contribution < -0.4 is 10.7 Å². The summed E-state index contributed by atoms with van der Waals surface area (Å²) in [7, 11) is 0. The molecule has 0 atom stereocenters. The Bertz CT molecular complexity index is 1050. The highest BCUT2D eigenvalue weighted by Gasteiger charge is 2.15. The molecule has 0 fully saturated rings. The first kappa shape index (κ1) is 20.4. The third-order valence-electron chi connectivity index (χ3n) is 3.79. The Morgan fingerprint density at radius 1 is 1.07 bits per heavy atom. The second-order valence-corrected chi connectivity index (χ2v) is 7.87. The van der Waals surface area contributed by atoms with Crippen LogP contribution in [0.2, 0.25) is 10.0 Å². The fourth-order valence-electron chi connectivity index (χ4n) is 2.35. The number of rotatable bonds is 4. The van der Waals surface area contributed by atoms with E-state index in [1.807, 2.05) is 5.38 Å². The van der Waals surface area contributed by atoms with E-state index < -0.39 is 0 Å². The first-order chi connectivity index (χ1) is 13.3. The third kappa shape index (κ3) is 4.74. The van der Waals surface area contributed by atoms with Crippen molar-refractivity contribution in [3.8, 4) is 21.9 Å². The average molecular weight is 452 g/mol. The van der Waals surface area contributed by atoms with E-state index in [1.165, 1.54) is 11.3 Å². The fourth-order valence-corrected chi connectivity index (χ4v) is 3.81. The summed E-state index contributed by atoms with van der Waals surface area (Å²) in [6.45, 7) is 1.76. The predicted molar refractivity (Wildman–Crippen MR) is 121 cm³/mol. The minimum Gasteiger partial charge on any atom is -0.508 e. The maximum atomic E-state index is 10.6. The van der Waals surface area contributed by atoms with Gasteiger partial charge in [-0.2, -0.15) is 5.10 Å². The zero-order valence-electron chi connectivity index (χ0n) is 14.5. The molecule has 0 unspecified atom stereocenters. The van der Waals surface area contributed by atoms with Crippen molar-refractivity contribution in [1.82, 2.24) is 5.43 Å². The van der Waals surface area contributed by atoms with Crippen molar-refractivity contribution in [2.75, 3.05) is 5.32 Å². The van der Waals surface area contributed by atoms with Gasteiger partial charge in [0.05, 0.1) is 26.2 Å². The van der Waals surface area contributed by atoms with Gasteiger partial charge in [0.2, 0.25) is 0 Å². The molecule has 9 heteroatoms. The number of halogens is 2. The van der Waals surface area contributed by atoms with Gasteiger partial charge in [0, 0.05) is 11.1 Å². The highest BCUT2D eigenvalue weighted by molar-refractivity contribution is 7.80. The normalized spacial score (nSPS) is 11.3. The Hall–Kier alpha value is -2.32. The molecule has 5 nitrogen and oxygen atoms in total. The molecule has 3 rings (SSSR count). The first-order valence-electron chi connectivity index (χ1n) is 8.01. The molecule has 28 heavy (non-hydrogen) atoms. The summed E-state index contributed by atoms with van der Waals surface area (Å²) in [5.41, 5.74) is 5.37. The first-order valence-corrected chi connectivity index (χ1v) is 10.1. The van der Waals surface area contributed by atoms with E-state index in [2.05, 4.69) is 15.8 Å². The number of hydrazone groups is 1. The standard InChI is InChI=1S/C19H15Cl2N3O2S2/c1-10(23-24-19(27)22-12-3-5-13(25)6-4-12)14-9-28-18(17(14)26)11-2-7-15(20)16(21)8-11/h2-9,25-26H,1H3,(H2,22,24,27). The molecule has 0 saturated carbocycles. The SMILES string of the molecule is CC(=NNC(=S)Nc1ccc(O)cc1)c1csc(-c2ccc(Cl)c(Cl)c2)c1O. The second kappa shape index (κ2) is 8.79. The Morgan fingerprint density at radius 2 is 1.79 bits per heavy atom. The van der Waals surface area contributed by atoms with Gasteiger partial charge in [-0.05, 0) is 61.1 Å². The fraction of sp³-hybridized carbons (Fsp3) is 0.0526. The molecule has 4 N–H and O–H groups in total. The van der Waals surface area contributed by atoms with Gasteiger partial charge < -0.3 is 15.5 Å². The molecular formula is C19H15Cl2N3O2S2. The number of nitrogens with one attached hydrogen (secondary N) is 2. The Kier molecular flexibility index (Phi) is 6.41.